The van der Waals surface area contributed by atoms with Gasteiger partial charge in [-0.15, -0.1) is 76.6 Å². The SMILES string of the molecule is CCC(CC)C(=O)C=C(O)C(CC)CC.CCC(CC)C(=O)C=C(O)C(CC)CC.CCC(CC)C(=O)C=C(O)C(CC)CC.C[Si](C)(C)c1ccc2nc(-c3[c-]ccc4c3CCCC4)cc(-c3ccccc3)c2c1.C[Si](C)(C)c1ccc2nc(-c3[c-]ccc4oc(-c5ccccc5)nc34)cc(-c3ccccc3)c2c1.Cc1nc2c(-c3cc(-c4ccccc4)c4cc([Si](C)(C)C)ccc4n3)[c-]ccc2s1.[Ir].[Ir].[Ir]. The van der Waals surface area contributed by atoms with Gasteiger partial charge in [-0.3, -0.25) is 39.3 Å². The van der Waals surface area contributed by atoms with Crippen LogP contribution in [0.4, 0.5) is 0 Å². The molecule has 19 heteroatoms. The Labute approximate surface area is 900 Å². The van der Waals surface area contributed by atoms with E-state index in [0.29, 0.717) is 5.89 Å². The minimum atomic E-state index is -1.47. The molecule has 143 heavy (non-hydrogen) atoms. The first-order chi connectivity index (χ1) is 67.2. The number of aryl methyl sites for hydroxylation is 2. The summed E-state index contributed by atoms with van der Waals surface area (Å²) in [6, 6.07) is 91.6. The van der Waals surface area contributed by atoms with Gasteiger partial charge in [-0.05, 0) is 181 Å². The number of hydrogen-bond donors (Lipinski definition) is 3. The fourth-order valence-electron chi connectivity index (χ4n) is 18.3. The molecular formula is C124H148Ir3N5O7SSi3-3. The zero-order valence-corrected chi connectivity index (χ0v) is 99.1. The molecular weight excluding hydrogens is 2360 g/mol. The average molecular weight is 2510 g/mol. The number of hydrogen-bond acceptors (Lipinski definition) is 13. The van der Waals surface area contributed by atoms with Crippen LogP contribution in [0.2, 0.25) is 58.9 Å². The number of rotatable bonds is 31. The van der Waals surface area contributed by atoms with Crippen molar-refractivity contribution in [2.45, 2.75) is 252 Å². The van der Waals surface area contributed by atoms with Gasteiger partial charge in [0, 0.05) is 141 Å². The summed E-state index contributed by atoms with van der Waals surface area (Å²) < 4.78 is 7.30. The second kappa shape index (κ2) is 56.1. The Kier molecular flexibility index (Phi) is 46.4. The van der Waals surface area contributed by atoms with Gasteiger partial charge in [0.1, 0.15) is 0 Å². The molecule has 1 aliphatic carbocycles. The summed E-state index contributed by atoms with van der Waals surface area (Å²) in [5.41, 5.74) is 22.6. The van der Waals surface area contributed by atoms with Gasteiger partial charge in [0.25, 0.3) is 0 Å². The van der Waals surface area contributed by atoms with Crippen molar-refractivity contribution in [2.24, 2.45) is 35.5 Å². The third kappa shape index (κ3) is 31.1. The first-order valence-corrected chi connectivity index (χ1v) is 62.5. The van der Waals surface area contributed by atoms with Crippen LogP contribution < -0.4 is 15.6 Å². The summed E-state index contributed by atoms with van der Waals surface area (Å²) >= 11 is 1.72. The van der Waals surface area contributed by atoms with Crippen molar-refractivity contribution >= 4 is 122 Å². The molecule has 16 rings (SSSR count). The molecule has 5 heterocycles. The number of ketones is 3. The predicted octanol–water partition coefficient (Wildman–Crippen LogP) is 32.9. The molecule has 0 bridgehead atoms. The summed E-state index contributed by atoms with van der Waals surface area (Å²) in [7, 11) is -4.31. The van der Waals surface area contributed by atoms with Crippen molar-refractivity contribution in [1.82, 2.24) is 24.9 Å². The minimum Gasteiger partial charge on any atom is -0.512 e. The molecule has 0 unspecified atom stereocenters. The fourth-order valence-corrected chi connectivity index (χ4v) is 22.6. The van der Waals surface area contributed by atoms with Gasteiger partial charge in [-0.25, -0.2) is 0 Å². The zero-order chi connectivity index (χ0) is 101. The van der Waals surface area contributed by atoms with Crippen molar-refractivity contribution in [3.63, 3.8) is 0 Å². The van der Waals surface area contributed by atoms with Crippen LogP contribution >= 0.6 is 11.3 Å². The second-order valence-electron chi connectivity index (χ2n) is 40.0. The van der Waals surface area contributed by atoms with Gasteiger partial charge < -0.3 is 19.7 Å². The van der Waals surface area contributed by atoms with E-state index in [1.165, 1.54) is 124 Å². The van der Waals surface area contributed by atoms with Gasteiger partial charge >= 0.3 is 0 Å². The van der Waals surface area contributed by atoms with E-state index in [2.05, 4.69) is 266 Å². The Hall–Kier alpha value is -9.98. The van der Waals surface area contributed by atoms with Gasteiger partial charge in [0.05, 0.1) is 68.6 Å². The van der Waals surface area contributed by atoms with Gasteiger partial charge in [0.15, 0.2) is 17.3 Å². The van der Waals surface area contributed by atoms with E-state index in [1.807, 2.05) is 132 Å². The minimum absolute atomic E-state index is 0. The molecule has 3 N–H and O–H groups in total. The normalized spacial score (nSPS) is 12.3. The van der Waals surface area contributed by atoms with Crippen LogP contribution in [0.1, 0.15) is 189 Å². The van der Waals surface area contributed by atoms with Gasteiger partial charge in [-0.2, -0.15) is 0 Å². The van der Waals surface area contributed by atoms with Crippen molar-refractivity contribution in [2.75, 3.05) is 0 Å². The Morgan fingerprint density at radius 3 is 1.01 bits per heavy atom. The predicted molar refractivity (Wildman–Crippen MR) is 602 cm³/mol. The summed E-state index contributed by atoms with van der Waals surface area (Å²) in [5, 5.41) is 38.3. The Morgan fingerprint density at radius 1 is 0.357 bits per heavy atom. The summed E-state index contributed by atoms with van der Waals surface area (Å²) in [4.78, 5) is 60.1. The number of benzene rings is 10. The van der Waals surface area contributed by atoms with Crippen molar-refractivity contribution < 1.29 is 94.4 Å². The average Bonchev–Trinajstić information content (AvgIpc) is 1.57. The quantitative estimate of drug-likeness (QED) is 0.0162. The van der Waals surface area contributed by atoms with E-state index in [4.69, 9.17) is 29.3 Å². The number of carbonyl (C=O) groups excluding carboxylic acids is 3. The second-order valence-corrected chi connectivity index (χ2v) is 56.5. The van der Waals surface area contributed by atoms with Gasteiger partial charge in [0.2, 0.25) is 5.89 Å². The molecule has 0 fully saturated rings. The smallest absolute Gasteiger partial charge is 0.215 e. The number of aliphatic hydroxyl groups excluding tert-OH is 3. The molecule has 0 saturated carbocycles. The third-order valence-electron chi connectivity index (χ3n) is 27.5. The van der Waals surface area contributed by atoms with E-state index < -0.39 is 24.2 Å². The molecule has 0 amide bonds. The molecule has 15 aromatic rings. The molecule has 0 spiro atoms. The summed E-state index contributed by atoms with van der Waals surface area (Å²) in [6.07, 6.45) is 19.6. The number of pyridine rings is 3. The van der Waals surface area contributed by atoms with Crippen LogP contribution in [-0.4, -0.2) is 81.8 Å². The third-order valence-corrected chi connectivity index (χ3v) is 34.5. The molecule has 5 aromatic heterocycles. The first kappa shape index (κ1) is 118. The summed E-state index contributed by atoms with van der Waals surface area (Å²) in [6.45, 7) is 47.8. The fraction of sp³-hybridized carbons (Fsp3) is 0.355. The van der Waals surface area contributed by atoms with E-state index in [9.17, 15) is 29.7 Å². The zero-order valence-electron chi connectivity index (χ0n) is 88.1. The molecule has 12 nitrogen and oxygen atoms in total. The van der Waals surface area contributed by atoms with E-state index >= 15 is 0 Å². The van der Waals surface area contributed by atoms with E-state index in [-0.39, 0.29) is 130 Å². The molecule has 1 aliphatic rings. The number of thiazole rings is 1. The number of aromatic nitrogens is 5. The van der Waals surface area contributed by atoms with Gasteiger partial charge in [-0.1, -0.05) is 358 Å². The molecule has 0 aliphatic heterocycles. The number of carbonyl (C=O) groups is 3. The number of nitrogens with zero attached hydrogens (tertiary/aromatic N) is 5. The largest absolute Gasteiger partial charge is 0.512 e. The number of fused-ring (bicyclic) bond motifs is 6. The Bertz CT molecular complexity index is 6650. The van der Waals surface area contributed by atoms with Crippen LogP contribution in [-0.2, 0) is 87.5 Å². The molecule has 759 valence electrons. The number of allylic oxidation sites excluding steroid dienone is 6. The number of oxazole rings is 1. The van der Waals surface area contributed by atoms with Crippen molar-refractivity contribution in [1.29, 1.82) is 0 Å². The van der Waals surface area contributed by atoms with Crippen LogP contribution in [0.5, 0.6) is 0 Å². The maximum atomic E-state index is 11.7. The Morgan fingerprint density at radius 2 is 0.664 bits per heavy atom. The van der Waals surface area contributed by atoms with Crippen LogP contribution in [0.3, 0.4) is 0 Å². The first-order valence-electron chi connectivity index (χ1n) is 51.2. The molecule has 0 saturated heterocycles. The van der Waals surface area contributed by atoms with Crippen LogP contribution in [0.25, 0.3) is 133 Å². The van der Waals surface area contributed by atoms with E-state index in [1.54, 1.807) is 11.3 Å². The maximum Gasteiger partial charge on any atom is 0.215 e. The topological polar surface area (TPSA) is 189 Å². The molecule has 0 atom stereocenters. The summed E-state index contributed by atoms with van der Waals surface area (Å²) in [5.74, 6) is 2.24. The molecule has 3 radical (unpaired) electrons. The van der Waals surface area contributed by atoms with Crippen LogP contribution in [0, 0.1) is 60.6 Å². The monoisotopic (exact) mass is 2510 g/mol. The van der Waals surface area contributed by atoms with Crippen LogP contribution in [0.15, 0.2) is 270 Å². The number of aliphatic hydroxyl groups is 3. The van der Waals surface area contributed by atoms with Crippen molar-refractivity contribution in [3.8, 4) is 78.6 Å². The Balaban J connectivity index is 0.000000217. The maximum absolute atomic E-state index is 11.7. The van der Waals surface area contributed by atoms with Crippen molar-refractivity contribution in [3.05, 3.63) is 300 Å². The standard InChI is InChI=1S/C31H25N2OSi.C28H28NSi.C26H23N2SSi.3C13H24O2.3Ir/c1-35(2,3)23-17-18-27-26(19-23)25(21-11-6-4-7-12-21)20-28(32-27)24-15-10-16-29-30(24)33-31(34-29)22-13-8-5-9-14-22;1-30(2,3)22-16-17-27-26(18-22)25(21-10-5-4-6-11-21)19-28(29-27)24-15-9-13-20-12-7-8-14-23(20)24;1-17-27-26-20(11-8-12-25(26)29-17)24-16-21(18-9-6-5-7-10-18)22-15-19(30(2,3)4)13-14-23(22)28-24;3*1-5-10(6-2)12(14)9-13(15)11(7-3)8-4;;;/h4-14,16-20H,1-3H3;4-6,9-11,13,16-19H,7-8,12,14H2,1-3H3;5-10,12-16H,1-4H3;3*9-11,14H,5-8H2,1-4H3;;;/q3*-1;;;;;;. The van der Waals surface area contributed by atoms with E-state index in [0.717, 1.165) is 155 Å². The molecule has 10 aromatic carbocycles.